The molecule has 0 aliphatic heterocycles. The van der Waals surface area contributed by atoms with Crippen molar-refractivity contribution in [2.45, 2.75) is 18.9 Å². The third kappa shape index (κ3) is 2.45. The molecule has 1 aromatic carbocycles. The van der Waals surface area contributed by atoms with Crippen molar-refractivity contribution in [1.82, 2.24) is 0 Å². The van der Waals surface area contributed by atoms with Gasteiger partial charge in [-0.3, -0.25) is 0 Å². The van der Waals surface area contributed by atoms with Crippen LogP contribution >= 0.6 is 0 Å². The normalized spacial score (nSPS) is 11.7. The molecule has 1 aromatic rings. The second kappa shape index (κ2) is 5.21. The molecule has 0 heterocycles. The van der Waals surface area contributed by atoms with E-state index in [0.29, 0.717) is 6.42 Å². The van der Waals surface area contributed by atoms with Crippen LogP contribution in [0.4, 0.5) is 0 Å². The lowest BCUT2D eigenvalue weighted by molar-refractivity contribution is 0.733. The van der Waals surface area contributed by atoms with Gasteiger partial charge in [-0.2, -0.15) is 5.26 Å². The second-order valence-electron chi connectivity index (χ2n) is 3.16. The fourth-order valence-electron chi connectivity index (χ4n) is 1.45. The second-order valence-corrected chi connectivity index (χ2v) is 3.16. The summed E-state index contributed by atoms with van der Waals surface area (Å²) >= 11 is 0. The van der Waals surface area contributed by atoms with Crippen molar-refractivity contribution in [2.75, 3.05) is 0 Å². The summed E-state index contributed by atoms with van der Waals surface area (Å²) in [5.41, 5.74) is 8.02. The Morgan fingerprint density at radius 1 is 1.50 bits per heavy atom. The van der Waals surface area contributed by atoms with Gasteiger partial charge in [0.1, 0.15) is 0 Å². The van der Waals surface area contributed by atoms with E-state index in [4.69, 9.17) is 11.0 Å². The maximum atomic E-state index is 8.64. The molecule has 2 nitrogen and oxygen atoms in total. The van der Waals surface area contributed by atoms with Gasteiger partial charge in [0, 0.05) is 6.04 Å². The summed E-state index contributed by atoms with van der Waals surface area (Å²) in [6.45, 7) is 3.66. The molecule has 0 fully saturated rings. The minimum absolute atomic E-state index is 0.0444. The van der Waals surface area contributed by atoms with E-state index < -0.39 is 0 Å². The maximum Gasteiger partial charge on any atom is 0.0669 e. The fraction of sp³-hybridized carbons (Fsp3) is 0.250. The predicted molar refractivity (Wildman–Crippen MR) is 57.5 cm³/mol. The summed E-state index contributed by atoms with van der Waals surface area (Å²) in [4.78, 5) is 0. The lowest BCUT2D eigenvalue weighted by Crippen LogP contribution is -2.11. The highest BCUT2D eigenvalue weighted by atomic mass is 14.6. The van der Waals surface area contributed by atoms with E-state index in [1.54, 1.807) is 6.08 Å². The Kier molecular flexibility index (Phi) is 3.90. The molecule has 2 heteroatoms. The van der Waals surface area contributed by atoms with Crippen LogP contribution in [-0.2, 0) is 6.42 Å². The van der Waals surface area contributed by atoms with Crippen LogP contribution in [0.3, 0.4) is 0 Å². The van der Waals surface area contributed by atoms with Crippen LogP contribution < -0.4 is 5.73 Å². The average Bonchev–Trinajstić information content (AvgIpc) is 2.19. The monoisotopic (exact) mass is 186 g/mol. The Balaban J connectivity index is 2.94. The standard InChI is InChI=1S/C12H14N2/c1-2-5-12(14)11-7-4-3-6-10(11)8-9-13/h2-4,6-7,12H,1,5,8,14H2. The molecule has 0 radical (unpaired) electrons. The van der Waals surface area contributed by atoms with Gasteiger partial charge in [-0.05, 0) is 17.5 Å². The molecule has 0 aliphatic carbocycles. The van der Waals surface area contributed by atoms with Crippen LogP contribution in [0, 0.1) is 11.3 Å². The van der Waals surface area contributed by atoms with Gasteiger partial charge in [0.15, 0.2) is 0 Å². The van der Waals surface area contributed by atoms with Crippen LogP contribution in [0.15, 0.2) is 36.9 Å². The molecule has 1 atom stereocenters. The quantitative estimate of drug-likeness (QED) is 0.734. The minimum Gasteiger partial charge on any atom is -0.324 e. The van der Waals surface area contributed by atoms with E-state index in [1.165, 1.54) is 0 Å². The molecular formula is C12H14N2. The van der Waals surface area contributed by atoms with Crippen LogP contribution in [0.25, 0.3) is 0 Å². The highest BCUT2D eigenvalue weighted by Gasteiger charge is 2.08. The SMILES string of the molecule is C=CCC(N)c1ccccc1CC#N. The van der Waals surface area contributed by atoms with Gasteiger partial charge in [-0.15, -0.1) is 6.58 Å². The van der Waals surface area contributed by atoms with E-state index in [9.17, 15) is 0 Å². The number of hydrogen-bond acceptors (Lipinski definition) is 2. The fourth-order valence-corrected chi connectivity index (χ4v) is 1.45. The average molecular weight is 186 g/mol. The lowest BCUT2D eigenvalue weighted by Gasteiger charge is -2.12. The van der Waals surface area contributed by atoms with Crippen LogP contribution in [-0.4, -0.2) is 0 Å². The Morgan fingerprint density at radius 3 is 2.86 bits per heavy atom. The first-order valence-corrected chi connectivity index (χ1v) is 4.60. The van der Waals surface area contributed by atoms with Gasteiger partial charge < -0.3 is 5.73 Å². The molecule has 0 bridgehead atoms. The first-order valence-electron chi connectivity index (χ1n) is 4.60. The van der Waals surface area contributed by atoms with Crippen molar-refractivity contribution in [3.63, 3.8) is 0 Å². The zero-order valence-corrected chi connectivity index (χ0v) is 8.11. The molecule has 14 heavy (non-hydrogen) atoms. The van der Waals surface area contributed by atoms with Gasteiger partial charge in [0.05, 0.1) is 12.5 Å². The van der Waals surface area contributed by atoms with Crippen LogP contribution in [0.5, 0.6) is 0 Å². The first kappa shape index (κ1) is 10.5. The first-order chi connectivity index (χ1) is 6.79. The number of benzene rings is 1. The van der Waals surface area contributed by atoms with E-state index in [-0.39, 0.29) is 6.04 Å². The van der Waals surface area contributed by atoms with Crippen LogP contribution in [0.2, 0.25) is 0 Å². The molecule has 0 saturated carbocycles. The van der Waals surface area contributed by atoms with E-state index in [0.717, 1.165) is 17.5 Å². The highest BCUT2D eigenvalue weighted by Crippen LogP contribution is 2.19. The molecular weight excluding hydrogens is 172 g/mol. The molecule has 0 aliphatic rings. The Labute approximate surface area is 84.7 Å². The number of nitriles is 1. The Morgan fingerprint density at radius 2 is 2.21 bits per heavy atom. The van der Waals surface area contributed by atoms with Crippen LogP contribution in [0.1, 0.15) is 23.6 Å². The molecule has 1 rings (SSSR count). The van der Waals surface area contributed by atoms with Gasteiger partial charge in [-0.25, -0.2) is 0 Å². The molecule has 0 aromatic heterocycles. The third-order valence-electron chi connectivity index (χ3n) is 2.14. The number of nitrogens with zero attached hydrogens (tertiary/aromatic N) is 1. The van der Waals surface area contributed by atoms with E-state index in [2.05, 4.69) is 12.6 Å². The zero-order chi connectivity index (χ0) is 10.4. The van der Waals surface area contributed by atoms with Crippen molar-refractivity contribution >= 4 is 0 Å². The van der Waals surface area contributed by atoms with Crippen molar-refractivity contribution in [3.05, 3.63) is 48.0 Å². The minimum atomic E-state index is -0.0444. The number of rotatable bonds is 4. The Hall–Kier alpha value is -1.59. The smallest absolute Gasteiger partial charge is 0.0669 e. The summed E-state index contributed by atoms with van der Waals surface area (Å²) in [5.74, 6) is 0. The zero-order valence-electron chi connectivity index (χ0n) is 8.11. The maximum absolute atomic E-state index is 8.64. The topological polar surface area (TPSA) is 49.8 Å². The van der Waals surface area contributed by atoms with Crippen molar-refractivity contribution in [1.29, 1.82) is 5.26 Å². The van der Waals surface area contributed by atoms with Crippen molar-refractivity contribution in [2.24, 2.45) is 5.73 Å². The number of hydrogen-bond donors (Lipinski definition) is 1. The summed E-state index contributed by atoms with van der Waals surface area (Å²) in [6.07, 6.45) is 2.96. The molecule has 2 N–H and O–H groups in total. The van der Waals surface area contributed by atoms with E-state index >= 15 is 0 Å². The lowest BCUT2D eigenvalue weighted by atomic mass is 9.97. The van der Waals surface area contributed by atoms with Gasteiger partial charge in [0.25, 0.3) is 0 Å². The number of nitrogens with two attached hydrogens (primary N) is 1. The molecule has 0 amide bonds. The van der Waals surface area contributed by atoms with Crippen molar-refractivity contribution < 1.29 is 0 Å². The van der Waals surface area contributed by atoms with Gasteiger partial charge in [-0.1, -0.05) is 30.3 Å². The summed E-state index contributed by atoms with van der Waals surface area (Å²) in [6, 6.07) is 9.89. The largest absolute Gasteiger partial charge is 0.324 e. The summed E-state index contributed by atoms with van der Waals surface area (Å²) in [7, 11) is 0. The molecule has 0 saturated heterocycles. The highest BCUT2D eigenvalue weighted by molar-refractivity contribution is 5.32. The summed E-state index contributed by atoms with van der Waals surface area (Å²) in [5, 5.41) is 8.64. The molecule has 1 unspecified atom stereocenters. The molecule has 72 valence electrons. The third-order valence-corrected chi connectivity index (χ3v) is 2.14. The van der Waals surface area contributed by atoms with E-state index in [1.807, 2.05) is 24.3 Å². The van der Waals surface area contributed by atoms with Gasteiger partial charge in [0.2, 0.25) is 0 Å². The molecule has 0 spiro atoms. The van der Waals surface area contributed by atoms with Gasteiger partial charge >= 0.3 is 0 Å². The summed E-state index contributed by atoms with van der Waals surface area (Å²) < 4.78 is 0. The Bertz CT molecular complexity index is 350. The predicted octanol–water partition coefficient (Wildman–Crippen LogP) is 2.33. The van der Waals surface area contributed by atoms with Crippen molar-refractivity contribution in [3.8, 4) is 6.07 Å².